The number of pyridine rings is 1. The number of rotatable bonds is 6. The zero-order valence-corrected chi connectivity index (χ0v) is 25.9. The SMILES string of the molecule is CC(C)(C)OC(=O)N1CCC1C(=O)N(c1ccc(C(C)(C)C)cc1)C(C=O)c1cccnc1.CNC1CCCCC1. The second kappa shape index (κ2) is 14.1. The molecule has 1 aliphatic heterocycles. The van der Waals surface area contributed by atoms with E-state index in [9.17, 15) is 14.4 Å². The second-order valence-electron chi connectivity index (χ2n) is 13.0. The number of aromatic nitrogens is 1. The lowest BCUT2D eigenvalue weighted by atomic mass is 9.87. The molecule has 1 aromatic heterocycles. The quantitative estimate of drug-likeness (QED) is 0.420. The van der Waals surface area contributed by atoms with Crippen molar-refractivity contribution in [2.45, 2.75) is 109 Å². The van der Waals surface area contributed by atoms with Crippen molar-refractivity contribution in [1.29, 1.82) is 0 Å². The highest BCUT2D eigenvalue weighted by Gasteiger charge is 2.44. The molecule has 8 nitrogen and oxygen atoms in total. The van der Waals surface area contributed by atoms with Gasteiger partial charge in [0.25, 0.3) is 5.91 Å². The maximum atomic E-state index is 13.8. The minimum Gasteiger partial charge on any atom is -0.444 e. The highest BCUT2D eigenvalue weighted by Crippen LogP contribution is 2.33. The summed E-state index contributed by atoms with van der Waals surface area (Å²) in [5.74, 6) is -0.323. The Kier molecular flexibility index (Phi) is 11.1. The summed E-state index contributed by atoms with van der Waals surface area (Å²) < 4.78 is 5.47. The highest BCUT2D eigenvalue weighted by atomic mass is 16.6. The smallest absolute Gasteiger partial charge is 0.410 e. The summed E-state index contributed by atoms with van der Waals surface area (Å²) in [4.78, 5) is 45.7. The molecular formula is C33H48N4O4. The van der Waals surface area contributed by atoms with Crippen molar-refractivity contribution in [1.82, 2.24) is 15.2 Å². The molecule has 224 valence electrons. The number of ether oxygens (including phenoxy) is 1. The van der Waals surface area contributed by atoms with Crippen LogP contribution in [-0.2, 0) is 19.7 Å². The van der Waals surface area contributed by atoms with E-state index in [1.54, 1.807) is 45.3 Å². The van der Waals surface area contributed by atoms with Crippen LogP contribution in [0, 0.1) is 0 Å². The summed E-state index contributed by atoms with van der Waals surface area (Å²) in [6, 6.07) is 10.4. The summed E-state index contributed by atoms with van der Waals surface area (Å²) in [5, 5.41) is 3.30. The van der Waals surface area contributed by atoms with Gasteiger partial charge >= 0.3 is 6.09 Å². The van der Waals surface area contributed by atoms with E-state index in [2.05, 4.69) is 38.1 Å². The zero-order chi connectivity index (χ0) is 30.2. The number of nitrogens with zero attached hydrogens (tertiary/aromatic N) is 3. The van der Waals surface area contributed by atoms with Crippen molar-refractivity contribution in [3.05, 3.63) is 59.9 Å². The first-order chi connectivity index (χ1) is 19.4. The monoisotopic (exact) mass is 564 g/mol. The topological polar surface area (TPSA) is 91.8 Å². The molecule has 2 amide bonds. The number of carbonyl (C=O) groups excluding carboxylic acids is 3. The first kappa shape index (κ1) is 32.3. The van der Waals surface area contributed by atoms with E-state index in [1.807, 2.05) is 24.3 Å². The van der Waals surface area contributed by atoms with Crippen LogP contribution in [0.4, 0.5) is 10.5 Å². The first-order valence-corrected chi connectivity index (χ1v) is 14.8. The number of anilines is 1. The predicted molar refractivity (Wildman–Crippen MR) is 163 cm³/mol. The van der Waals surface area contributed by atoms with Crippen molar-refractivity contribution in [3.8, 4) is 0 Å². The van der Waals surface area contributed by atoms with Crippen LogP contribution in [0.5, 0.6) is 0 Å². The number of nitrogens with one attached hydrogen (secondary N) is 1. The lowest BCUT2D eigenvalue weighted by molar-refractivity contribution is -0.129. The highest BCUT2D eigenvalue weighted by molar-refractivity contribution is 6.02. The Morgan fingerprint density at radius 1 is 1.02 bits per heavy atom. The number of hydrogen-bond acceptors (Lipinski definition) is 6. The fourth-order valence-corrected chi connectivity index (χ4v) is 5.12. The Bertz CT molecular complexity index is 1130. The summed E-state index contributed by atoms with van der Waals surface area (Å²) in [7, 11) is 2.07. The molecule has 8 heteroatoms. The summed E-state index contributed by atoms with van der Waals surface area (Å²) in [6.07, 6.45) is 11.0. The fraction of sp³-hybridized carbons (Fsp3) is 0.576. The number of likely N-dealkylation sites (tertiary alicyclic amines) is 1. The Balaban J connectivity index is 0.000000496. The van der Waals surface area contributed by atoms with Crippen LogP contribution in [0.3, 0.4) is 0 Å². The minimum absolute atomic E-state index is 0.0533. The first-order valence-electron chi connectivity index (χ1n) is 14.8. The molecule has 0 spiro atoms. The zero-order valence-electron chi connectivity index (χ0n) is 25.9. The molecule has 1 N–H and O–H groups in total. The third-order valence-corrected chi connectivity index (χ3v) is 7.63. The minimum atomic E-state index is -0.868. The third kappa shape index (κ3) is 8.86. The lowest BCUT2D eigenvalue weighted by Crippen LogP contribution is -2.60. The molecule has 2 atom stereocenters. The van der Waals surface area contributed by atoms with Gasteiger partial charge in [-0.25, -0.2) is 4.79 Å². The molecule has 1 saturated carbocycles. The van der Waals surface area contributed by atoms with Crippen LogP contribution in [-0.4, -0.2) is 59.4 Å². The molecule has 0 bridgehead atoms. The van der Waals surface area contributed by atoms with Gasteiger partial charge in [-0.15, -0.1) is 0 Å². The van der Waals surface area contributed by atoms with E-state index in [-0.39, 0.29) is 11.3 Å². The number of benzene rings is 1. The third-order valence-electron chi connectivity index (χ3n) is 7.63. The Labute approximate surface area is 245 Å². The van der Waals surface area contributed by atoms with Crippen LogP contribution in [0.1, 0.15) is 97.2 Å². The van der Waals surface area contributed by atoms with Crippen molar-refractivity contribution >= 4 is 24.0 Å². The molecule has 2 fully saturated rings. The molecule has 2 aliphatic rings. The number of amides is 2. The maximum Gasteiger partial charge on any atom is 0.410 e. The van der Waals surface area contributed by atoms with Gasteiger partial charge < -0.3 is 14.8 Å². The van der Waals surface area contributed by atoms with Gasteiger partial charge in [-0.3, -0.25) is 19.6 Å². The van der Waals surface area contributed by atoms with E-state index >= 15 is 0 Å². The molecule has 2 unspecified atom stereocenters. The molecule has 41 heavy (non-hydrogen) atoms. The molecule has 2 heterocycles. The Morgan fingerprint density at radius 2 is 1.68 bits per heavy atom. The summed E-state index contributed by atoms with van der Waals surface area (Å²) >= 11 is 0. The van der Waals surface area contributed by atoms with E-state index in [1.165, 1.54) is 41.9 Å². The van der Waals surface area contributed by atoms with Crippen molar-refractivity contribution in [2.24, 2.45) is 0 Å². The molecular weight excluding hydrogens is 516 g/mol. The van der Waals surface area contributed by atoms with Gasteiger partial charge in [-0.2, -0.15) is 0 Å². The van der Waals surface area contributed by atoms with Gasteiger partial charge in [0.15, 0.2) is 0 Å². The van der Waals surface area contributed by atoms with Crippen molar-refractivity contribution < 1.29 is 19.1 Å². The van der Waals surface area contributed by atoms with Crippen LogP contribution >= 0.6 is 0 Å². The average molecular weight is 565 g/mol. The Hall–Kier alpha value is -3.26. The van der Waals surface area contributed by atoms with Gasteiger partial charge in [0.1, 0.15) is 24.0 Å². The number of carbonyl (C=O) groups is 3. The molecule has 4 rings (SSSR count). The van der Waals surface area contributed by atoms with Crippen molar-refractivity contribution in [3.63, 3.8) is 0 Å². The normalized spacial score (nSPS) is 18.3. The van der Waals surface area contributed by atoms with Gasteiger partial charge in [-0.05, 0) is 76.3 Å². The van der Waals surface area contributed by atoms with Crippen LogP contribution in [0.25, 0.3) is 0 Å². The van der Waals surface area contributed by atoms with E-state index in [4.69, 9.17) is 4.74 Å². The van der Waals surface area contributed by atoms with Crippen LogP contribution in [0.15, 0.2) is 48.8 Å². The standard InChI is InChI=1S/C26H33N3O4.C7H15N/c1-25(2,3)19-9-11-20(12-10-19)29(22(17-30)18-8-7-14-27-16-18)23(31)21-13-15-28(21)24(32)33-26(4,5)6;1-8-7-5-3-2-4-6-7/h7-12,14,16-17,21-22H,13,15H2,1-6H3;7-8H,2-6H2,1H3. The average Bonchev–Trinajstić information content (AvgIpc) is 2.90. The number of hydrogen-bond donors (Lipinski definition) is 1. The van der Waals surface area contributed by atoms with Gasteiger partial charge in [0, 0.05) is 36.2 Å². The number of aldehydes is 1. The summed E-state index contributed by atoms with van der Waals surface area (Å²) in [6.45, 7) is 12.1. The van der Waals surface area contributed by atoms with E-state index in [0.717, 1.165) is 17.9 Å². The molecule has 0 radical (unpaired) electrons. The van der Waals surface area contributed by atoms with Gasteiger partial charge in [0.05, 0.1) is 0 Å². The lowest BCUT2D eigenvalue weighted by Gasteiger charge is -2.43. The summed E-state index contributed by atoms with van der Waals surface area (Å²) in [5.41, 5.74) is 1.59. The molecule has 1 aliphatic carbocycles. The largest absolute Gasteiger partial charge is 0.444 e. The van der Waals surface area contributed by atoms with E-state index < -0.39 is 23.8 Å². The fourth-order valence-electron chi connectivity index (χ4n) is 5.12. The van der Waals surface area contributed by atoms with Gasteiger partial charge in [0.2, 0.25) is 0 Å². The van der Waals surface area contributed by atoms with E-state index in [0.29, 0.717) is 24.2 Å². The second-order valence-corrected chi connectivity index (χ2v) is 13.0. The maximum absolute atomic E-state index is 13.8. The van der Waals surface area contributed by atoms with Crippen molar-refractivity contribution in [2.75, 3.05) is 18.5 Å². The molecule has 1 saturated heterocycles. The molecule has 2 aromatic rings. The molecule has 1 aromatic carbocycles. The van der Waals surface area contributed by atoms with Crippen LogP contribution < -0.4 is 10.2 Å². The Morgan fingerprint density at radius 3 is 2.12 bits per heavy atom. The van der Waals surface area contributed by atoms with Crippen LogP contribution in [0.2, 0.25) is 0 Å². The predicted octanol–water partition coefficient (Wildman–Crippen LogP) is 6.20. The van der Waals surface area contributed by atoms with Gasteiger partial charge in [-0.1, -0.05) is 58.2 Å².